The van der Waals surface area contributed by atoms with E-state index in [1.165, 1.54) is 43.4 Å². The molecule has 0 aliphatic carbocycles. The topological polar surface area (TPSA) is 59.0 Å². The average Bonchev–Trinajstić information content (AvgIpc) is 2.32. The Morgan fingerprint density at radius 3 is 2.50 bits per heavy atom. The molecule has 0 aromatic heterocycles. The molecule has 0 heterocycles. The molecule has 0 saturated carbocycles. The van der Waals surface area contributed by atoms with Gasteiger partial charge in [-0.05, 0) is 17.7 Å². The first-order valence-electron chi connectivity index (χ1n) is 5.39. The number of hydroxylamine groups is 2. The molecule has 0 saturated heterocycles. The Morgan fingerprint density at radius 1 is 1.44 bits per heavy atom. The Hall–Kier alpha value is -1.50. The minimum Gasteiger partial charge on any atom is -0.394 e. The fourth-order valence-electron chi connectivity index (χ4n) is 1.52. The molecule has 1 N–H and O–H groups in total. The van der Waals surface area contributed by atoms with Crippen molar-refractivity contribution in [3.63, 3.8) is 0 Å². The van der Waals surface area contributed by atoms with Gasteiger partial charge in [-0.15, -0.1) is 5.06 Å². The molecule has 5 nitrogen and oxygen atoms in total. The van der Waals surface area contributed by atoms with Crippen LogP contribution in [-0.2, 0) is 14.4 Å². The number of carbonyl (C=O) groups excluding carboxylic acids is 1. The summed E-state index contributed by atoms with van der Waals surface area (Å²) >= 11 is 0. The standard InChI is InChI=1S/C12H16FNO4/c1-9(16)18-14(8-17-2)12(7-15)10-3-5-11(13)6-4-10/h3-6,12,15H,7-8H2,1-2H3/t12-/m1/s1. The zero-order chi connectivity index (χ0) is 13.5. The molecule has 6 heteroatoms. The number of aliphatic hydroxyl groups is 1. The zero-order valence-electron chi connectivity index (χ0n) is 10.3. The van der Waals surface area contributed by atoms with Crippen LogP contribution in [-0.4, -0.2) is 36.6 Å². The van der Waals surface area contributed by atoms with Crippen molar-refractivity contribution in [2.75, 3.05) is 20.4 Å². The number of aliphatic hydroxyl groups excluding tert-OH is 1. The van der Waals surface area contributed by atoms with Crippen molar-refractivity contribution in [1.82, 2.24) is 5.06 Å². The normalized spacial score (nSPS) is 12.5. The molecule has 0 aliphatic heterocycles. The summed E-state index contributed by atoms with van der Waals surface area (Å²) in [4.78, 5) is 15.9. The van der Waals surface area contributed by atoms with Crippen LogP contribution in [0.25, 0.3) is 0 Å². The number of methoxy groups -OCH3 is 1. The van der Waals surface area contributed by atoms with Gasteiger partial charge in [0.1, 0.15) is 12.5 Å². The van der Waals surface area contributed by atoms with Crippen LogP contribution in [0.2, 0.25) is 0 Å². The molecule has 1 atom stereocenters. The van der Waals surface area contributed by atoms with Gasteiger partial charge >= 0.3 is 5.97 Å². The molecule has 0 fully saturated rings. The Kier molecular flexibility index (Phi) is 5.70. The molecule has 0 aliphatic rings. The number of rotatable bonds is 6. The first-order chi connectivity index (χ1) is 8.58. The first-order valence-corrected chi connectivity index (χ1v) is 5.39. The molecule has 18 heavy (non-hydrogen) atoms. The molecule has 0 spiro atoms. The first kappa shape index (κ1) is 14.6. The van der Waals surface area contributed by atoms with E-state index in [0.29, 0.717) is 5.56 Å². The van der Waals surface area contributed by atoms with E-state index in [9.17, 15) is 14.3 Å². The van der Waals surface area contributed by atoms with E-state index >= 15 is 0 Å². The van der Waals surface area contributed by atoms with Crippen molar-refractivity contribution in [2.45, 2.75) is 13.0 Å². The van der Waals surface area contributed by atoms with Crippen molar-refractivity contribution in [3.8, 4) is 0 Å². The second-order valence-corrected chi connectivity index (χ2v) is 3.67. The van der Waals surface area contributed by atoms with E-state index in [2.05, 4.69) is 0 Å². The van der Waals surface area contributed by atoms with Gasteiger partial charge in [0.25, 0.3) is 0 Å². The lowest BCUT2D eigenvalue weighted by Gasteiger charge is -2.27. The Morgan fingerprint density at radius 2 is 2.06 bits per heavy atom. The van der Waals surface area contributed by atoms with Crippen molar-refractivity contribution >= 4 is 5.97 Å². The van der Waals surface area contributed by atoms with Gasteiger partial charge in [-0.25, -0.2) is 4.39 Å². The highest BCUT2D eigenvalue weighted by Gasteiger charge is 2.22. The summed E-state index contributed by atoms with van der Waals surface area (Å²) in [5.74, 6) is -0.895. The van der Waals surface area contributed by atoms with Crippen LogP contribution in [0, 0.1) is 5.82 Å². The fourth-order valence-corrected chi connectivity index (χ4v) is 1.52. The average molecular weight is 257 g/mol. The summed E-state index contributed by atoms with van der Waals surface area (Å²) in [5.41, 5.74) is 0.622. The van der Waals surface area contributed by atoms with Crippen molar-refractivity contribution in [1.29, 1.82) is 0 Å². The summed E-state index contributed by atoms with van der Waals surface area (Å²) in [5, 5.41) is 10.6. The summed E-state index contributed by atoms with van der Waals surface area (Å²) < 4.78 is 17.7. The van der Waals surface area contributed by atoms with Crippen LogP contribution in [0.5, 0.6) is 0 Å². The van der Waals surface area contributed by atoms with E-state index in [1.54, 1.807) is 0 Å². The highest BCUT2D eigenvalue weighted by molar-refractivity contribution is 5.65. The fraction of sp³-hybridized carbons (Fsp3) is 0.417. The second-order valence-electron chi connectivity index (χ2n) is 3.67. The Labute approximate surface area is 105 Å². The molecule has 0 bridgehead atoms. The van der Waals surface area contributed by atoms with E-state index < -0.39 is 12.0 Å². The molecule has 0 amide bonds. The van der Waals surface area contributed by atoms with Crippen LogP contribution in [0.1, 0.15) is 18.5 Å². The maximum atomic E-state index is 12.8. The number of nitrogens with zero attached hydrogens (tertiary/aromatic N) is 1. The second kappa shape index (κ2) is 7.05. The lowest BCUT2D eigenvalue weighted by atomic mass is 10.1. The smallest absolute Gasteiger partial charge is 0.322 e. The van der Waals surface area contributed by atoms with E-state index in [0.717, 1.165) is 0 Å². The van der Waals surface area contributed by atoms with Crippen LogP contribution in [0.4, 0.5) is 4.39 Å². The van der Waals surface area contributed by atoms with Gasteiger partial charge in [-0.3, -0.25) is 4.79 Å². The largest absolute Gasteiger partial charge is 0.394 e. The van der Waals surface area contributed by atoms with Crippen LogP contribution in [0.3, 0.4) is 0 Å². The van der Waals surface area contributed by atoms with Crippen molar-refractivity contribution in [3.05, 3.63) is 35.6 Å². The molecule has 1 aromatic carbocycles. The molecule has 0 radical (unpaired) electrons. The molecule has 100 valence electrons. The maximum absolute atomic E-state index is 12.8. The number of ether oxygens (including phenoxy) is 1. The summed E-state index contributed by atoms with van der Waals surface area (Å²) in [6.07, 6.45) is 0. The molecular weight excluding hydrogens is 241 g/mol. The van der Waals surface area contributed by atoms with Gasteiger partial charge in [0.2, 0.25) is 0 Å². The van der Waals surface area contributed by atoms with E-state index in [4.69, 9.17) is 9.57 Å². The van der Waals surface area contributed by atoms with Gasteiger partial charge < -0.3 is 14.7 Å². The maximum Gasteiger partial charge on any atom is 0.322 e. The van der Waals surface area contributed by atoms with Crippen LogP contribution in [0.15, 0.2) is 24.3 Å². The summed E-state index contributed by atoms with van der Waals surface area (Å²) in [7, 11) is 1.44. The van der Waals surface area contributed by atoms with Gasteiger partial charge in [0.15, 0.2) is 0 Å². The Bertz CT molecular complexity index is 382. The van der Waals surface area contributed by atoms with Gasteiger partial charge in [-0.2, -0.15) is 0 Å². The summed E-state index contributed by atoms with van der Waals surface area (Å²) in [6, 6.07) is 4.98. The van der Waals surface area contributed by atoms with Crippen LogP contribution >= 0.6 is 0 Å². The number of carbonyl (C=O) groups is 1. The predicted octanol–water partition coefficient (Wildman–Crippen LogP) is 1.24. The van der Waals surface area contributed by atoms with E-state index in [1.807, 2.05) is 0 Å². The highest BCUT2D eigenvalue weighted by atomic mass is 19.1. The van der Waals surface area contributed by atoms with Crippen molar-refractivity contribution in [2.24, 2.45) is 0 Å². The highest BCUT2D eigenvalue weighted by Crippen LogP contribution is 2.21. The third-order valence-corrected chi connectivity index (χ3v) is 2.28. The quantitative estimate of drug-likeness (QED) is 0.614. The van der Waals surface area contributed by atoms with Crippen LogP contribution < -0.4 is 0 Å². The molecule has 0 unspecified atom stereocenters. The monoisotopic (exact) mass is 257 g/mol. The molecule has 1 rings (SSSR count). The van der Waals surface area contributed by atoms with Gasteiger partial charge in [0, 0.05) is 14.0 Å². The number of benzene rings is 1. The summed E-state index contributed by atoms with van der Waals surface area (Å²) in [6.45, 7) is 0.964. The molecule has 1 aromatic rings. The predicted molar refractivity (Wildman–Crippen MR) is 61.7 cm³/mol. The van der Waals surface area contributed by atoms with E-state index in [-0.39, 0.29) is 19.2 Å². The lowest BCUT2D eigenvalue weighted by molar-refractivity contribution is -0.228. The van der Waals surface area contributed by atoms with Crippen molar-refractivity contribution < 1.29 is 23.9 Å². The van der Waals surface area contributed by atoms with Gasteiger partial charge in [-0.1, -0.05) is 12.1 Å². The minimum absolute atomic E-state index is 0.00217. The SMILES string of the molecule is COCN(OC(C)=O)[C@H](CO)c1ccc(F)cc1. The lowest BCUT2D eigenvalue weighted by Crippen LogP contribution is -2.34. The zero-order valence-corrected chi connectivity index (χ0v) is 10.3. The number of halogens is 1. The third kappa shape index (κ3) is 4.06. The third-order valence-electron chi connectivity index (χ3n) is 2.28. The minimum atomic E-state index is -0.602. The number of hydrogen-bond acceptors (Lipinski definition) is 5. The Balaban J connectivity index is 2.89. The number of hydrogen-bond donors (Lipinski definition) is 1. The molecular formula is C12H16FNO4. The van der Waals surface area contributed by atoms with Gasteiger partial charge in [0.05, 0.1) is 12.6 Å².